The molecule has 0 aliphatic heterocycles. The molecule has 6 nitrogen and oxygen atoms in total. The average Bonchev–Trinajstić information content (AvgIpc) is 2.56. The van der Waals surface area contributed by atoms with Gasteiger partial charge in [-0.3, -0.25) is 9.59 Å². The van der Waals surface area contributed by atoms with Crippen molar-refractivity contribution in [2.45, 2.75) is 41.5 Å². The first-order valence-corrected chi connectivity index (χ1v) is 8.01. The van der Waals surface area contributed by atoms with Crippen LogP contribution in [0.4, 0.5) is 0 Å². The van der Waals surface area contributed by atoms with E-state index in [2.05, 4.69) is 21.1 Å². The van der Waals surface area contributed by atoms with Crippen LogP contribution in [0.15, 0.2) is 34.5 Å². The minimum atomic E-state index is -0.310. The molecule has 0 atom stereocenters. The molecule has 24 heavy (non-hydrogen) atoms. The lowest BCUT2D eigenvalue weighted by molar-refractivity contribution is 0.0943. The van der Waals surface area contributed by atoms with Gasteiger partial charge in [0, 0.05) is 22.6 Å². The highest BCUT2D eigenvalue weighted by molar-refractivity contribution is 5.98. The van der Waals surface area contributed by atoms with Crippen LogP contribution in [0.3, 0.4) is 0 Å². The van der Waals surface area contributed by atoms with Crippen LogP contribution in [-0.4, -0.2) is 23.2 Å². The minimum Gasteiger partial charge on any atom is -0.267 e. The van der Waals surface area contributed by atoms with Crippen molar-refractivity contribution in [2.24, 2.45) is 22.0 Å². The van der Waals surface area contributed by atoms with Crippen molar-refractivity contribution in [2.75, 3.05) is 0 Å². The molecule has 0 radical (unpaired) electrons. The van der Waals surface area contributed by atoms with E-state index in [1.165, 1.54) is 0 Å². The molecular formula is C18H26N4O2. The van der Waals surface area contributed by atoms with Crippen molar-refractivity contribution >= 4 is 23.2 Å². The number of carbonyl (C=O) groups is 2. The summed E-state index contributed by atoms with van der Waals surface area (Å²) in [7, 11) is 0. The van der Waals surface area contributed by atoms with Gasteiger partial charge in [-0.15, -0.1) is 0 Å². The zero-order chi connectivity index (χ0) is 18.3. The Hall–Kier alpha value is -2.50. The highest BCUT2D eigenvalue weighted by atomic mass is 16.2. The molecule has 0 bridgehead atoms. The molecule has 1 aromatic carbocycles. The van der Waals surface area contributed by atoms with E-state index in [0.717, 1.165) is 11.4 Å². The smallest absolute Gasteiger partial charge is 0.267 e. The van der Waals surface area contributed by atoms with E-state index in [9.17, 15) is 9.59 Å². The molecule has 2 amide bonds. The summed E-state index contributed by atoms with van der Waals surface area (Å²) < 4.78 is 0. The molecule has 6 heteroatoms. The third kappa shape index (κ3) is 5.95. The molecule has 0 saturated heterocycles. The van der Waals surface area contributed by atoms with Gasteiger partial charge in [0.05, 0.1) is 0 Å². The normalized spacial score (nSPS) is 12.5. The minimum absolute atomic E-state index is 0.270. The first-order chi connectivity index (χ1) is 11.2. The van der Waals surface area contributed by atoms with Crippen LogP contribution in [0, 0.1) is 11.8 Å². The lowest BCUT2D eigenvalue weighted by Gasteiger charge is -2.06. The van der Waals surface area contributed by atoms with E-state index in [4.69, 9.17) is 0 Å². The van der Waals surface area contributed by atoms with E-state index in [1.54, 1.807) is 24.3 Å². The number of nitrogens with zero attached hydrogens (tertiary/aromatic N) is 2. The van der Waals surface area contributed by atoms with Gasteiger partial charge in [0.15, 0.2) is 0 Å². The first-order valence-electron chi connectivity index (χ1n) is 8.01. The van der Waals surface area contributed by atoms with Crippen LogP contribution in [0.2, 0.25) is 0 Å². The Bertz CT molecular complexity index is 586. The molecular weight excluding hydrogens is 304 g/mol. The molecule has 0 unspecified atom stereocenters. The van der Waals surface area contributed by atoms with Crippen LogP contribution >= 0.6 is 0 Å². The van der Waals surface area contributed by atoms with Gasteiger partial charge < -0.3 is 0 Å². The largest absolute Gasteiger partial charge is 0.271 e. The summed E-state index contributed by atoms with van der Waals surface area (Å²) in [6, 6.07) is 6.35. The van der Waals surface area contributed by atoms with E-state index in [1.807, 2.05) is 41.5 Å². The summed E-state index contributed by atoms with van der Waals surface area (Å²) in [6.07, 6.45) is 0. The maximum Gasteiger partial charge on any atom is 0.271 e. The summed E-state index contributed by atoms with van der Waals surface area (Å²) in [5.74, 6) is -0.0799. The van der Waals surface area contributed by atoms with Gasteiger partial charge in [-0.05, 0) is 49.9 Å². The highest BCUT2D eigenvalue weighted by Crippen LogP contribution is 2.05. The Morgan fingerprint density at radius 2 is 1.04 bits per heavy atom. The van der Waals surface area contributed by atoms with Crippen molar-refractivity contribution < 1.29 is 9.59 Å². The lowest BCUT2D eigenvalue weighted by atomic mass is 10.1. The fourth-order valence-corrected chi connectivity index (χ4v) is 1.44. The van der Waals surface area contributed by atoms with Gasteiger partial charge in [-0.2, -0.15) is 10.2 Å². The van der Waals surface area contributed by atoms with Crippen molar-refractivity contribution in [3.8, 4) is 0 Å². The number of hydrogen-bond donors (Lipinski definition) is 2. The molecule has 1 aromatic rings. The third-order valence-electron chi connectivity index (χ3n) is 3.75. The first kappa shape index (κ1) is 19.5. The number of rotatable bonds is 6. The molecule has 130 valence electrons. The quantitative estimate of drug-likeness (QED) is 0.620. The monoisotopic (exact) mass is 330 g/mol. The second-order valence-electron chi connectivity index (χ2n) is 6.27. The number of benzene rings is 1. The van der Waals surface area contributed by atoms with Crippen molar-refractivity contribution in [1.29, 1.82) is 0 Å². The second-order valence-corrected chi connectivity index (χ2v) is 6.27. The molecule has 0 fully saturated rings. The van der Waals surface area contributed by atoms with E-state index in [-0.39, 0.29) is 23.7 Å². The number of nitrogens with one attached hydrogen (secondary N) is 2. The van der Waals surface area contributed by atoms with Gasteiger partial charge in [0.25, 0.3) is 11.8 Å². The summed E-state index contributed by atoms with van der Waals surface area (Å²) >= 11 is 0. The Kier molecular flexibility index (Phi) is 7.30. The second kappa shape index (κ2) is 8.96. The molecule has 0 aromatic heterocycles. The molecule has 0 spiro atoms. The SMILES string of the molecule is CC(=NNC(=O)c1ccc(C(=O)NN=C(C)C(C)C)cc1)C(C)C. The van der Waals surface area contributed by atoms with Crippen molar-refractivity contribution in [1.82, 2.24) is 10.9 Å². The van der Waals surface area contributed by atoms with E-state index in [0.29, 0.717) is 11.1 Å². The Morgan fingerprint density at radius 3 is 1.29 bits per heavy atom. The third-order valence-corrected chi connectivity index (χ3v) is 3.75. The van der Waals surface area contributed by atoms with Crippen molar-refractivity contribution in [3.05, 3.63) is 35.4 Å². The Labute approximate surface area is 143 Å². The highest BCUT2D eigenvalue weighted by Gasteiger charge is 2.09. The number of hydrazone groups is 2. The molecule has 0 heterocycles. The zero-order valence-corrected chi connectivity index (χ0v) is 15.2. The lowest BCUT2D eigenvalue weighted by Crippen LogP contribution is -2.22. The average molecular weight is 330 g/mol. The van der Waals surface area contributed by atoms with Crippen LogP contribution in [0.1, 0.15) is 62.3 Å². The number of carbonyl (C=O) groups excluding carboxylic acids is 2. The zero-order valence-electron chi connectivity index (χ0n) is 15.2. The fourth-order valence-electron chi connectivity index (χ4n) is 1.44. The Morgan fingerprint density at radius 1 is 0.750 bits per heavy atom. The predicted molar refractivity (Wildman–Crippen MR) is 97.3 cm³/mol. The summed E-state index contributed by atoms with van der Waals surface area (Å²) in [5, 5.41) is 8.09. The standard InChI is InChI=1S/C18H26N4O2/c1-11(2)13(5)19-21-17(23)15-7-9-16(10-8-15)18(24)22-20-14(6)12(3)4/h7-12H,1-6H3,(H,21,23)(H,22,24). The van der Waals surface area contributed by atoms with Gasteiger partial charge in [0.1, 0.15) is 0 Å². The number of amides is 2. The maximum atomic E-state index is 12.0. The van der Waals surface area contributed by atoms with Crippen LogP contribution in [-0.2, 0) is 0 Å². The summed E-state index contributed by atoms with van der Waals surface area (Å²) in [6.45, 7) is 11.7. The Balaban J connectivity index is 2.72. The van der Waals surface area contributed by atoms with Gasteiger partial charge in [0.2, 0.25) is 0 Å². The molecule has 1 rings (SSSR count). The summed E-state index contributed by atoms with van der Waals surface area (Å²) in [5.41, 5.74) is 7.58. The van der Waals surface area contributed by atoms with Crippen LogP contribution < -0.4 is 10.9 Å². The summed E-state index contributed by atoms with van der Waals surface area (Å²) in [4.78, 5) is 24.0. The maximum absolute atomic E-state index is 12.0. The number of hydrogen-bond acceptors (Lipinski definition) is 4. The fraction of sp³-hybridized carbons (Fsp3) is 0.444. The van der Waals surface area contributed by atoms with Crippen LogP contribution in [0.5, 0.6) is 0 Å². The topological polar surface area (TPSA) is 82.9 Å². The molecule has 0 aliphatic rings. The molecule has 0 saturated carbocycles. The predicted octanol–water partition coefficient (Wildman–Crippen LogP) is 3.21. The van der Waals surface area contributed by atoms with Crippen molar-refractivity contribution in [3.63, 3.8) is 0 Å². The van der Waals surface area contributed by atoms with Gasteiger partial charge in [-0.1, -0.05) is 27.7 Å². The van der Waals surface area contributed by atoms with E-state index < -0.39 is 0 Å². The van der Waals surface area contributed by atoms with E-state index >= 15 is 0 Å². The molecule has 2 N–H and O–H groups in total. The molecule has 0 aliphatic carbocycles. The van der Waals surface area contributed by atoms with Gasteiger partial charge in [-0.25, -0.2) is 10.9 Å². The van der Waals surface area contributed by atoms with Gasteiger partial charge >= 0.3 is 0 Å². The van der Waals surface area contributed by atoms with Crippen LogP contribution in [0.25, 0.3) is 0 Å².